The Labute approximate surface area is 171 Å². The number of methoxy groups -OCH3 is 1. The highest BCUT2D eigenvalue weighted by atomic mass is 16.6. The van der Waals surface area contributed by atoms with Crippen LogP contribution in [0.15, 0.2) is 30.5 Å². The maximum Gasteiger partial charge on any atom is 0.410 e. The number of fused-ring (bicyclic) bond motifs is 1. The Hall–Kier alpha value is -3.03. The average molecular weight is 397 g/mol. The zero-order valence-corrected chi connectivity index (χ0v) is 17.3. The van der Waals surface area contributed by atoms with Crippen molar-refractivity contribution in [2.45, 2.75) is 25.5 Å². The molecule has 1 aromatic carbocycles. The van der Waals surface area contributed by atoms with Gasteiger partial charge in [-0.1, -0.05) is 12.1 Å². The molecule has 2 atom stereocenters. The number of rotatable bonds is 6. The van der Waals surface area contributed by atoms with Crippen LogP contribution >= 0.6 is 0 Å². The molecule has 2 saturated heterocycles. The van der Waals surface area contributed by atoms with E-state index < -0.39 is 0 Å². The number of carbonyl (C=O) groups excluding carboxylic acids is 1. The summed E-state index contributed by atoms with van der Waals surface area (Å²) in [6.45, 7) is 3.92. The molecule has 2 aliphatic heterocycles. The zero-order valence-electron chi connectivity index (χ0n) is 17.3. The molecule has 29 heavy (non-hydrogen) atoms. The van der Waals surface area contributed by atoms with E-state index in [1.807, 2.05) is 61.3 Å². The normalized spacial score (nSPS) is 20.6. The Morgan fingerprint density at radius 2 is 2.00 bits per heavy atom. The van der Waals surface area contributed by atoms with Crippen LogP contribution in [0, 0.1) is 6.92 Å². The minimum absolute atomic E-state index is 0.0217. The summed E-state index contributed by atoms with van der Waals surface area (Å²) in [7, 11) is 5.60. The number of amides is 1. The molecule has 0 saturated carbocycles. The molecular weight excluding hydrogens is 370 g/mol. The number of aromatic nitrogens is 2. The van der Waals surface area contributed by atoms with E-state index in [1.54, 1.807) is 7.11 Å². The molecular formula is C21H27N5O3. The number of ether oxygens (including phenoxy) is 2. The molecule has 0 radical (unpaired) electrons. The maximum atomic E-state index is 12.4. The number of anilines is 2. The molecule has 1 amide bonds. The maximum absolute atomic E-state index is 12.4. The molecule has 1 aromatic heterocycles. The van der Waals surface area contributed by atoms with Crippen LogP contribution in [0.1, 0.15) is 11.1 Å². The number of aryl methyl sites for hydroxylation is 1. The molecule has 8 nitrogen and oxygen atoms in total. The molecule has 3 heterocycles. The highest BCUT2D eigenvalue weighted by Crippen LogP contribution is 2.30. The van der Waals surface area contributed by atoms with E-state index in [4.69, 9.17) is 14.5 Å². The third-order valence-corrected chi connectivity index (χ3v) is 5.56. The lowest BCUT2D eigenvalue weighted by Gasteiger charge is -2.23. The first-order valence-electron chi connectivity index (χ1n) is 9.82. The van der Waals surface area contributed by atoms with Gasteiger partial charge >= 0.3 is 6.09 Å². The summed E-state index contributed by atoms with van der Waals surface area (Å²) in [5.74, 6) is 2.41. The van der Waals surface area contributed by atoms with Gasteiger partial charge in [0, 0.05) is 38.9 Å². The van der Waals surface area contributed by atoms with Crippen molar-refractivity contribution in [2.24, 2.45) is 0 Å². The molecule has 0 bridgehead atoms. The monoisotopic (exact) mass is 397 g/mol. The fourth-order valence-corrected chi connectivity index (χ4v) is 4.00. The molecule has 8 heteroatoms. The molecule has 2 aliphatic rings. The van der Waals surface area contributed by atoms with E-state index in [1.165, 1.54) is 0 Å². The van der Waals surface area contributed by atoms with Gasteiger partial charge in [0.05, 0.1) is 19.7 Å². The molecule has 4 rings (SSSR count). The number of benzene rings is 1. The summed E-state index contributed by atoms with van der Waals surface area (Å²) in [6, 6.07) is 7.96. The number of nitrogens with zero attached hydrogens (tertiary/aromatic N) is 5. The molecule has 154 valence electrons. The van der Waals surface area contributed by atoms with Crippen molar-refractivity contribution in [1.29, 1.82) is 0 Å². The summed E-state index contributed by atoms with van der Waals surface area (Å²) < 4.78 is 10.8. The van der Waals surface area contributed by atoms with Crippen LogP contribution in [0.2, 0.25) is 0 Å². The largest absolute Gasteiger partial charge is 0.497 e. The third-order valence-electron chi connectivity index (χ3n) is 5.56. The van der Waals surface area contributed by atoms with Crippen LogP contribution in [-0.4, -0.2) is 73.9 Å². The molecule has 0 spiro atoms. The van der Waals surface area contributed by atoms with Gasteiger partial charge in [0.1, 0.15) is 17.7 Å². The van der Waals surface area contributed by atoms with Crippen molar-refractivity contribution in [3.8, 4) is 5.75 Å². The number of carbonyl (C=O) groups is 1. The summed E-state index contributed by atoms with van der Waals surface area (Å²) >= 11 is 0. The summed E-state index contributed by atoms with van der Waals surface area (Å²) in [4.78, 5) is 27.5. The van der Waals surface area contributed by atoms with Gasteiger partial charge in [0.25, 0.3) is 0 Å². The van der Waals surface area contributed by atoms with Gasteiger partial charge in [-0.05, 0) is 31.0 Å². The topological polar surface area (TPSA) is 71.0 Å². The summed E-state index contributed by atoms with van der Waals surface area (Å²) in [6.07, 6.45) is 2.24. The lowest BCUT2D eigenvalue weighted by atomic mass is 10.1. The van der Waals surface area contributed by atoms with Crippen molar-refractivity contribution in [3.05, 3.63) is 41.6 Å². The molecule has 0 unspecified atom stereocenters. The Kier molecular flexibility index (Phi) is 5.17. The van der Waals surface area contributed by atoms with Gasteiger partial charge in [0.15, 0.2) is 0 Å². The van der Waals surface area contributed by atoms with Crippen molar-refractivity contribution in [2.75, 3.05) is 50.6 Å². The van der Waals surface area contributed by atoms with Crippen LogP contribution in [0.5, 0.6) is 5.75 Å². The minimum Gasteiger partial charge on any atom is -0.497 e. The quantitative estimate of drug-likeness (QED) is 0.739. The number of hydrogen-bond acceptors (Lipinski definition) is 7. The van der Waals surface area contributed by atoms with Crippen LogP contribution in [0.25, 0.3) is 0 Å². The SMILES string of the molecule is COc1ccc(CCN2C(=O)O[C@H]3CN(c4ncc(C)c(N(C)C)n4)C[C@H]32)cc1. The lowest BCUT2D eigenvalue weighted by Crippen LogP contribution is -2.39. The van der Waals surface area contributed by atoms with Gasteiger partial charge in [-0.2, -0.15) is 4.98 Å². The van der Waals surface area contributed by atoms with E-state index in [2.05, 4.69) is 9.88 Å². The fourth-order valence-electron chi connectivity index (χ4n) is 4.00. The molecule has 2 aromatic rings. The Morgan fingerprint density at radius 1 is 1.24 bits per heavy atom. The van der Waals surface area contributed by atoms with Crippen LogP contribution in [0.4, 0.5) is 16.6 Å². The fraction of sp³-hybridized carbons (Fsp3) is 0.476. The van der Waals surface area contributed by atoms with Gasteiger partial charge in [-0.25, -0.2) is 9.78 Å². The summed E-state index contributed by atoms with van der Waals surface area (Å²) in [5.41, 5.74) is 2.19. The minimum atomic E-state index is -0.230. The molecule has 2 fully saturated rings. The highest BCUT2D eigenvalue weighted by Gasteiger charge is 2.48. The van der Waals surface area contributed by atoms with Gasteiger partial charge < -0.3 is 19.3 Å². The van der Waals surface area contributed by atoms with E-state index >= 15 is 0 Å². The predicted octanol–water partition coefficient (Wildman–Crippen LogP) is 2.11. The average Bonchev–Trinajstić information content (AvgIpc) is 3.24. The smallest absolute Gasteiger partial charge is 0.410 e. The van der Waals surface area contributed by atoms with Gasteiger partial charge in [-0.15, -0.1) is 0 Å². The predicted molar refractivity (Wildman–Crippen MR) is 111 cm³/mol. The third kappa shape index (κ3) is 3.79. The van der Waals surface area contributed by atoms with Gasteiger partial charge in [-0.3, -0.25) is 4.90 Å². The summed E-state index contributed by atoms with van der Waals surface area (Å²) in [5, 5.41) is 0. The first-order chi connectivity index (χ1) is 14.0. The first-order valence-corrected chi connectivity index (χ1v) is 9.82. The zero-order chi connectivity index (χ0) is 20.5. The van der Waals surface area contributed by atoms with E-state index in [-0.39, 0.29) is 18.2 Å². The van der Waals surface area contributed by atoms with Crippen molar-refractivity contribution < 1.29 is 14.3 Å². The van der Waals surface area contributed by atoms with Crippen molar-refractivity contribution >= 4 is 17.9 Å². The van der Waals surface area contributed by atoms with Crippen LogP contribution in [-0.2, 0) is 11.2 Å². The Balaban J connectivity index is 1.43. The second kappa shape index (κ2) is 7.77. The van der Waals surface area contributed by atoms with Crippen LogP contribution < -0.4 is 14.5 Å². The molecule has 0 N–H and O–H groups in total. The second-order valence-corrected chi connectivity index (χ2v) is 7.76. The van der Waals surface area contributed by atoms with E-state index in [9.17, 15) is 4.79 Å². The standard InChI is InChI=1S/C21H27N5O3/c1-14-11-22-20(23-19(14)24(2)3)25-12-17-18(13-25)29-21(27)26(17)10-9-15-5-7-16(28-4)8-6-15/h5-8,11,17-18H,9-10,12-13H2,1-4H3/t17-,18+/m1/s1. The van der Waals surface area contributed by atoms with Crippen molar-refractivity contribution in [1.82, 2.24) is 14.9 Å². The van der Waals surface area contributed by atoms with E-state index in [0.717, 1.165) is 29.1 Å². The Bertz CT molecular complexity index is 886. The van der Waals surface area contributed by atoms with Crippen molar-refractivity contribution in [3.63, 3.8) is 0 Å². The number of hydrogen-bond donors (Lipinski definition) is 0. The Morgan fingerprint density at radius 3 is 2.69 bits per heavy atom. The van der Waals surface area contributed by atoms with Crippen LogP contribution in [0.3, 0.4) is 0 Å². The second-order valence-electron chi connectivity index (χ2n) is 7.76. The van der Waals surface area contributed by atoms with Gasteiger partial charge in [0.2, 0.25) is 5.95 Å². The highest BCUT2D eigenvalue weighted by molar-refractivity contribution is 5.71. The first kappa shape index (κ1) is 19.3. The lowest BCUT2D eigenvalue weighted by molar-refractivity contribution is 0.136. The molecule has 0 aliphatic carbocycles. The van der Waals surface area contributed by atoms with E-state index in [0.29, 0.717) is 25.6 Å².